The van der Waals surface area contributed by atoms with Gasteiger partial charge in [-0.05, 0) is 25.7 Å². The molecule has 54 valence electrons. The molecule has 1 rings (SSSR count). The number of nitrogens with two attached hydrogens (primary N) is 1. The van der Waals surface area contributed by atoms with E-state index in [9.17, 15) is 0 Å². The minimum Gasteiger partial charge on any atom is -0.381 e. The van der Waals surface area contributed by atoms with Crippen LogP contribution in [0.3, 0.4) is 0 Å². The second-order valence-electron chi connectivity index (χ2n) is 2.65. The molecule has 0 aliphatic heterocycles. The fourth-order valence-corrected chi connectivity index (χ4v) is 1.21. The molecule has 0 radical (unpaired) electrons. The van der Waals surface area contributed by atoms with Gasteiger partial charge in [-0.15, -0.1) is 0 Å². The molecule has 0 aromatic rings. The number of hydrogen-bond donors (Lipinski definition) is 1. The molecular formula is C7H15NO. The lowest BCUT2D eigenvalue weighted by molar-refractivity contribution is 0.0664. The Morgan fingerprint density at radius 3 is 2.67 bits per heavy atom. The van der Waals surface area contributed by atoms with Crippen molar-refractivity contribution in [1.82, 2.24) is 0 Å². The van der Waals surface area contributed by atoms with Gasteiger partial charge >= 0.3 is 0 Å². The van der Waals surface area contributed by atoms with Crippen LogP contribution in [0.15, 0.2) is 0 Å². The standard InChI is InChI=1S/C7H15NO/c1-9-7-4-2-6(8)3-5-7/h6-7H,2-5,8H2,1H3/t6-,7-/i1D3. The molecule has 9 heavy (non-hydrogen) atoms. The highest BCUT2D eigenvalue weighted by Gasteiger charge is 2.16. The van der Waals surface area contributed by atoms with E-state index in [1.54, 1.807) is 0 Å². The molecule has 0 atom stereocenters. The van der Waals surface area contributed by atoms with E-state index in [1.165, 1.54) is 0 Å². The van der Waals surface area contributed by atoms with Crippen LogP contribution in [0.1, 0.15) is 29.8 Å². The average Bonchev–Trinajstić information content (AvgIpc) is 1.91. The molecule has 1 fully saturated rings. The van der Waals surface area contributed by atoms with Crippen LogP contribution in [-0.2, 0) is 4.74 Å². The molecule has 0 aromatic heterocycles. The highest BCUT2D eigenvalue weighted by atomic mass is 16.5. The van der Waals surface area contributed by atoms with Crippen LogP contribution in [-0.4, -0.2) is 19.2 Å². The third-order valence-electron chi connectivity index (χ3n) is 1.89. The molecule has 1 saturated carbocycles. The van der Waals surface area contributed by atoms with Gasteiger partial charge in [0.15, 0.2) is 0 Å². The van der Waals surface area contributed by atoms with Crippen molar-refractivity contribution in [3.05, 3.63) is 0 Å². The highest BCUT2D eigenvalue weighted by Crippen LogP contribution is 2.18. The predicted octanol–water partition coefficient (Wildman–Crippen LogP) is 0.903. The average molecular weight is 132 g/mol. The molecule has 0 amide bonds. The van der Waals surface area contributed by atoms with Crippen LogP contribution < -0.4 is 5.73 Å². The summed E-state index contributed by atoms with van der Waals surface area (Å²) >= 11 is 0. The van der Waals surface area contributed by atoms with E-state index in [-0.39, 0.29) is 12.1 Å². The monoisotopic (exact) mass is 132 g/mol. The first-order chi connectivity index (χ1) is 5.47. The third kappa shape index (κ3) is 1.95. The summed E-state index contributed by atoms with van der Waals surface area (Å²) in [6, 6.07) is 0.237. The number of hydrogen-bond acceptors (Lipinski definition) is 2. The van der Waals surface area contributed by atoms with Crippen molar-refractivity contribution in [3.63, 3.8) is 0 Å². The van der Waals surface area contributed by atoms with Crippen LogP contribution in [0.25, 0.3) is 0 Å². The minimum absolute atomic E-state index is 0.114. The van der Waals surface area contributed by atoms with Gasteiger partial charge in [0.1, 0.15) is 0 Å². The van der Waals surface area contributed by atoms with Gasteiger partial charge in [-0.2, -0.15) is 0 Å². The van der Waals surface area contributed by atoms with Gasteiger partial charge in [0.25, 0.3) is 0 Å². The second kappa shape index (κ2) is 3.18. The summed E-state index contributed by atoms with van der Waals surface area (Å²) in [6.45, 7) is 0. The predicted molar refractivity (Wildman–Crippen MR) is 37.2 cm³/mol. The van der Waals surface area contributed by atoms with Crippen molar-refractivity contribution in [1.29, 1.82) is 0 Å². The molecule has 2 heteroatoms. The van der Waals surface area contributed by atoms with E-state index in [2.05, 4.69) is 0 Å². The van der Waals surface area contributed by atoms with Gasteiger partial charge in [0.2, 0.25) is 0 Å². The normalized spacial score (nSPS) is 43.0. The Hall–Kier alpha value is -0.0800. The van der Waals surface area contributed by atoms with Gasteiger partial charge in [0.05, 0.1) is 10.2 Å². The molecule has 0 spiro atoms. The summed E-state index contributed by atoms with van der Waals surface area (Å²) in [5, 5.41) is 0. The Labute approximate surface area is 60.6 Å². The van der Waals surface area contributed by atoms with E-state index >= 15 is 0 Å². The molecule has 1 aliphatic rings. The largest absolute Gasteiger partial charge is 0.381 e. The summed E-state index contributed by atoms with van der Waals surface area (Å²) in [4.78, 5) is 0. The lowest BCUT2D eigenvalue weighted by Gasteiger charge is -2.24. The maximum Gasteiger partial charge on any atom is 0.0572 e. The molecule has 2 N–H and O–H groups in total. The Bertz CT molecular complexity index is 140. The van der Waals surface area contributed by atoms with E-state index in [0.29, 0.717) is 0 Å². The van der Waals surface area contributed by atoms with Gasteiger partial charge in [0, 0.05) is 13.1 Å². The second-order valence-corrected chi connectivity index (χ2v) is 2.65. The highest BCUT2D eigenvalue weighted by molar-refractivity contribution is 4.73. The molecule has 0 unspecified atom stereocenters. The summed E-state index contributed by atoms with van der Waals surface area (Å²) in [5.41, 5.74) is 5.66. The third-order valence-corrected chi connectivity index (χ3v) is 1.89. The molecule has 0 saturated heterocycles. The summed E-state index contributed by atoms with van der Waals surface area (Å²) in [7, 11) is -2.24. The van der Waals surface area contributed by atoms with Crippen molar-refractivity contribution in [2.75, 3.05) is 7.04 Å². The molecule has 0 aromatic carbocycles. The zero-order chi connectivity index (χ0) is 9.19. The van der Waals surface area contributed by atoms with Crippen molar-refractivity contribution in [2.45, 2.75) is 37.8 Å². The van der Waals surface area contributed by atoms with Gasteiger partial charge in [-0.3, -0.25) is 0 Å². The zero-order valence-corrected chi connectivity index (χ0v) is 5.47. The van der Waals surface area contributed by atoms with E-state index < -0.39 is 7.04 Å². The fraction of sp³-hybridized carbons (Fsp3) is 1.00. The van der Waals surface area contributed by atoms with Gasteiger partial charge in [-0.25, -0.2) is 0 Å². The first-order valence-electron chi connectivity index (χ1n) is 4.91. The first kappa shape index (κ1) is 3.94. The smallest absolute Gasteiger partial charge is 0.0572 e. The molecule has 0 bridgehead atoms. The molecule has 2 nitrogen and oxygen atoms in total. The lowest BCUT2D eigenvalue weighted by atomic mass is 9.94. The van der Waals surface area contributed by atoms with E-state index in [4.69, 9.17) is 14.6 Å². The van der Waals surface area contributed by atoms with Crippen LogP contribution in [0.5, 0.6) is 0 Å². The van der Waals surface area contributed by atoms with Crippen molar-refractivity contribution in [3.8, 4) is 0 Å². The van der Waals surface area contributed by atoms with E-state index in [0.717, 1.165) is 25.7 Å². The summed E-state index contributed by atoms with van der Waals surface area (Å²) in [6.07, 6.45) is 3.19. The quantitative estimate of drug-likeness (QED) is 0.575. The number of rotatable bonds is 1. The lowest BCUT2D eigenvalue weighted by Crippen LogP contribution is -2.29. The summed E-state index contributed by atoms with van der Waals surface area (Å²) in [5.74, 6) is 0. The Morgan fingerprint density at radius 1 is 1.44 bits per heavy atom. The molecular weight excluding hydrogens is 114 g/mol. The van der Waals surface area contributed by atoms with Crippen molar-refractivity contribution < 1.29 is 8.85 Å². The van der Waals surface area contributed by atoms with Crippen LogP contribution >= 0.6 is 0 Å². The zero-order valence-electron chi connectivity index (χ0n) is 8.47. The summed E-state index contributed by atoms with van der Waals surface area (Å²) < 4.78 is 25.6. The first-order valence-corrected chi connectivity index (χ1v) is 3.41. The topological polar surface area (TPSA) is 35.2 Å². The minimum atomic E-state index is -2.24. The van der Waals surface area contributed by atoms with Gasteiger partial charge < -0.3 is 10.5 Å². The molecule has 1 aliphatic carbocycles. The van der Waals surface area contributed by atoms with Crippen molar-refractivity contribution in [2.24, 2.45) is 5.73 Å². The fourth-order valence-electron chi connectivity index (χ4n) is 1.21. The van der Waals surface area contributed by atoms with Crippen LogP contribution in [0, 0.1) is 0 Å². The Kier molecular flexibility index (Phi) is 1.39. The van der Waals surface area contributed by atoms with Gasteiger partial charge in [-0.1, -0.05) is 0 Å². The van der Waals surface area contributed by atoms with E-state index in [1.807, 2.05) is 0 Å². The number of methoxy groups -OCH3 is 1. The maximum atomic E-state index is 6.90. The van der Waals surface area contributed by atoms with Crippen LogP contribution in [0.2, 0.25) is 0 Å². The number of ether oxygens (including phenoxy) is 1. The SMILES string of the molecule is [2H]C([2H])([2H])O[C@H]1CC[C@H](N)CC1. The maximum absolute atomic E-state index is 6.90. The molecule has 0 heterocycles. The van der Waals surface area contributed by atoms with Crippen LogP contribution in [0.4, 0.5) is 0 Å². The Balaban J connectivity index is 2.26. The Morgan fingerprint density at radius 2 is 2.11 bits per heavy atom. The van der Waals surface area contributed by atoms with Crippen molar-refractivity contribution >= 4 is 0 Å².